The SMILES string of the molecule is OB(O)OCCCCCCCCCCC(F)(F)F. The lowest BCUT2D eigenvalue weighted by atomic mass is 10.1. The van der Waals surface area contributed by atoms with Gasteiger partial charge in [0.05, 0.1) is 0 Å². The van der Waals surface area contributed by atoms with E-state index in [9.17, 15) is 13.2 Å². The van der Waals surface area contributed by atoms with Gasteiger partial charge in [-0.3, -0.25) is 0 Å². The molecule has 0 aliphatic heterocycles. The first-order chi connectivity index (χ1) is 8.42. The maximum Gasteiger partial charge on any atom is 0.633 e. The monoisotopic (exact) mass is 270 g/mol. The highest BCUT2D eigenvalue weighted by atomic mass is 19.4. The molecule has 0 heterocycles. The maximum atomic E-state index is 11.8. The summed E-state index contributed by atoms with van der Waals surface area (Å²) >= 11 is 0. The molecule has 0 aromatic carbocycles. The Morgan fingerprint density at radius 1 is 0.778 bits per heavy atom. The average molecular weight is 270 g/mol. The van der Waals surface area contributed by atoms with Crippen LogP contribution in [-0.4, -0.2) is 30.2 Å². The van der Waals surface area contributed by atoms with Crippen LogP contribution in [0.1, 0.15) is 57.8 Å². The third-order valence-corrected chi connectivity index (χ3v) is 2.62. The van der Waals surface area contributed by atoms with E-state index in [-0.39, 0.29) is 6.42 Å². The minimum Gasteiger partial charge on any atom is -0.402 e. The molecule has 0 aliphatic rings. The number of hydrogen-bond donors (Lipinski definition) is 2. The molecule has 0 bridgehead atoms. The van der Waals surface area contributed by atoms with Crippen LogP contribution < -0.4 is 0 Å². The summed E-state index contributed by atoms with van der Waals surface area (Å²) in [4.78, 5) is 0. The molecule has 0 unspecified atom stereocenters. The van der Waals surface area contributed by atoms with Crippen molar-refractivity contribution < 1.29 is 27.9 Å². The standard InChI is InChI=1S/C11H22BF3O3/c13-11(14,15)9-7-5-3-1-2-4-6-8-10-18-12(16)17/h16-17H,1-10H2. The van der Waals surface area contributed by atoms with E-state index in [2.05, 4.69) is 4.65 Å². The number of rotatable bonds is 11. The Morgan fingerprint density at radius 3 is 1.67 bits per heavy atom. The van der Waals surface area contributed by atoms with Crippen molar-refractivity contribution in [3.05, 3.63) is 0 Å². The third-order valence-electron chi connectivity index (χ3n) is 2.62. The van der Waals surface area contributed by atoms with Gasteiger partial charge in [0.25, 0.3) is 0 Å². The van der Waals surface area contributed by atoms with Crippen molar-refractivity contribution in [2.24, 2.45) is 0 Å². The van der Waals surface area contributed by atoms with Gasteiger partial charge in [-0.15, -0.1) is 0 Å². The van der Waals surface area contributed by atoms with Gasteiger partial charge in [0, 0.05) is 13.0 Å². The van der Waals surface area contributed by atoms with Crippen LogP contribution >= 0.6 is 0 Å². The van der Waals surface area contributed by atoms with Crippen LogP contribution in [0.2, 0.25) is 0 Å². The molecule has 0 aromatic heterocycles. The maximum absolute atomic E-state index is 11.8. The predicted octanol–water partition coefficient (Wildman–Crippen LogP) is 3.05. The van der Waals surface area contributed by atoms with Crippen molar-refractivity contribution >= 4 is 7.32 Å². The molecule has 0 spiro atoms. The van der Waals surface area contributed by atoms with Gasteiger partial charge in [-0.2, -0.15) is 13.2 Å². The molecular formula is C11H22BF3O3. The highest BCUT2D eigenvalue weighted by Crippen LogP contribution is 2.23. The third kappa shape index (κ3) is 15.7. The largest absolute Gasteiger partial charge is 0.633 e. The van der Waals surface area contributed by atoms with E-state index in [4.69, 9.17) is 10.0 Å². The predicted molar refractivity (Wildman–Crippen MR) is 63.8 cm³/mol. The fourth-order valence-corrected chi connectivity index (χ4v) is 1.68. The normalized spacial score (nSPS) is 11.8. The number of unbranched alkanes of at least 4 members (excludes halogenated alkanes) is 7. The summed E-state index contributed by atoms with van der Waals surface area (Å²) in [5.74, 6) is 0. The lowest BCUT2D eigenvalue weighted by Gasteiger charge is -2.05. The molecule has 0 radical (unpaired) electrons. The van der Waals surface area contributed by atoms with Crippen LogP contribution in [0, 0.1) is 0 Å². The van der Waals surface area contributed by atoms with Crippen LogP contribution in [-0.2, 0) is 4.65 Å². The summed E-state index contributed by atoms with van der Waals surface area (Å²) in [6, 6.07) is 0. The quantitative estimate of drug-likeness (QED) is 0.448. The summed E-state index contributed by atoms with van der Waals surface area (Å²) in [5.41, 5.74) is 0. The fraction of sp³-hybridized carbons (Fsp3) is 1.00. The second-order valence-electron chi connectivity index (χ2n) is 4.39. The summed E-state index contributed by atoms with van der Waals surface area (Å²) < 4.78 is 40.0. The van der Waals surface area contributed by atoms with Gasteiger partial charge in [-0.25, -0.2) is 0 Å². The van der Waals surface area contributed by atoms with Crippen molar-refractivity contribution in [1.82, 2.24) is 0 Å². The summed E-state index contributed by atoms with van der Waals surface area (Å²) in [6.45, 7) is 0.323. The van der Waals surface area contributed by atoms with E-state index in [1.807, 2.05) is 0 Å². The second kappa shape index (κ2) is 10.6. The minimum absolute atomic E-state index is 0.228. The summed E-state index contributed by atoms with van der Waals surface area (Å²) in [7, 11) is -1.70. The molecule has 0 atom stereocenters. The Morgan fingerprint density at radius 2 is 1.22 bits per heavy atom. The fourth-order valence-electron chi connectivity index (χ4n) is 1.68. The molecule has 108 valence electrons. The highest BCUT2D eigenvalue weighted by Gasteiger charge is 2.25. The van der Waals surface area contributed by atoms with Crippen LogP contribution in [0.25, 0.3) is 0 Å². The van der Waals surface area contributed by atoms with Gasteiger partial charge >= 0.3 is 13.5 Å². The van der Waals surface area contributed by atoms with Crippen molar-refractivity contribution in [3.63, 3.8) is 0 Å². The lowest BCUT2D eigenvalue weighted by molar-refractivity contribution is -0.135. The molecule has 0 saturated heterocycles. The topological polar surface area (TPSA) is 49.7 Å². The zero-order valence-corrected chi connectivity index (χ0v) is 10.6. The molecule has 2 N–H and O–H groups in total. The van der Waals surface area contributed by atoms with Gasteiger partial charge in [0.1, 0.15) is 0 Å². The van der Waals surface area contributed by atoms with E-state index in [0.29, 0.717) is 13.0 Å². The first-order valence-electron chi connectivity index (χ1n) is 6.46. The zero-order valence-electron chi connectivity index (χ0n) is 10.6. The van der Waals surface area contributed by atoms with Gasteiger partial charge in [0.2, 0.25) is 0 Å². The molecule has 0 saturated carbocycles. The number of hydrogen-bond acceptors (Lipinski definition) is 3. The number of halogens is 3. The average Bonchev–Trinajstić information content (AvgIpc) is 2.24. The second-order valence-corrected chi connectivity index (χ2v) is 4.39. The first kappa shape index (κ1) is 17.7. The van der Waals surface area contributed by atoms with E-state index >= 15 is 0 Å². The Labute approximate surface area is 107 Å². The van der Waals surface area contributed by atoms with E-state index in [1.54, 1.807) is 0 Å². The van der Waals surface area contributed by atoms with E-state index in [0.717, 1.165) is 38.5 Å². The molecule has 7 heteroatoms. The Bertz CT molecular complexity index is 189. The van der Waals surface area contributed by atoms with Gasteiger partial charge in [-0.1, -0.05) is 38.5 Å². The van der Waals surface area contributed by atoms with Crippen LogP contribution in [0.15, 0.2) is 0 Å². The van der Waals surface area contributed by atoms with Gasteiger partial charge in [-0.05, 0) is 12.8 Å². The van der Waals surface area contributed by atoms with Gasteiger partial charge in [0.15, 0.2) is 0 Å². The smallest absolute Gasteiger partial charge is 0.402 e. The Balaban J connectivity index is 3.04. The highest BCUT2D eigenvalue weighted by molar-refractivity contribution is 6.32. The minimum atomic E-state index is -4.02. The first-order valence-corrected chi connectivity index (χ1v) is 6.46. The molecule has 3 nitrogen and oxygen atoms in total. The van der Waals surface area contributed by atoms with E-state index in [1.165, 1.54) is 0 Å². The van der Waals surface area contributed by atoms with Crippen molar-refractivity contribution in [2.75, 3.05) is 6.61 Å². The number of alkyl halides is 3. The molecule has 0 fully saturated rings. The van der Waals surface area contributed by atoms with Gasteiger partial charge < -0.3 is 14.7 Å². The molecule has 0 aliphatic carbocycles. The lowest BCUT2D eigenvalue weighted by Crippen LogP contribution is -2.17. The zero-order chi connectivity index (χ0) is 13.9. The summed E-state index contributed by atoms with van der Waals surface area (Å²) in [5, 5.41) is 16.8. The Hall–Kier alpha value is -0.265. The molecule has 0 amide bonds. The molecule has 0 aromatic rings. The summed E-state index contributed by atoms with van der Waals surface area (Å²) in [6.07, 6.45) is 1.71. The van der Waals surface area contributed by atoms with Crippen LogP contribution in [0.3, 0.4) is 0 Å². The Kier molecular flexibility index (Phi) is 10.5. The van der Waals surface area contributed by atoms with Crippen molar-refractivity contribution in [2.45, 2.75) is 64.0 Å². The molecule has 18 heavy (non-hydrogen) atoms. The molecular weight excluding hydrogens is 248 g/mol. The van der Waals surface area contributed by atoms with Crippen molar-refractivity contribution in [3.8, 4) is 0 Å². The van der Waals surface area contributed by atoms with Crippen molar-refractivity contribution in [1.29, 1.82) is 0 Å². The van der Waals surface area contributed by atoms with E-state index < -0.39 is 19.9 Å². The van der Waals surface area contributed by atoms with Crippen LogP contribution in [0.5, 0.6) is 0 Å². The van der Waals surface area contributed by atoms with Crippen LogP contribution in [0.4, 0.5) is 13.2 Å². The molecule has 0 rings (SSSR count).